The van der Waals surface area contributed by atoms with Gasteiger partial charge in [0, 0.05) is 29.5 Å². The van der Waals surface area contributed by atoms with E-state index in [9.17, 15) is 4.79 Å². The first kappa shape index (κ1) is 9.07. The van der Waals surface area contributed by atoms with Crippen molar-refractivity contribution in [3.05, 3.63) is 24.3 Å². The Labute approximate surface area is 67.8 Å². The summed E-state index contributed by atoms with van der Waals surface area (Å²) < 4.78 is 0. The summed E-state index contributed by atoms with van der Waals surface area (Å²) in [6.07, 6.45) is 3.77. The van der Waals surface area contributed by atoms with Gasteiger partial charge in [0.1, 0.15) is 6.33 Å². The zero-order chi connectivity index (χ0) is 6.69. The zero-order valence-corrected chi connectivity index (χ0v) is 5.73. The Morgan fingerprint density at radius 3 is 2.20 bits per heavy atom. The van der Waals surface area contributed by atoms with E-state index in [0.717, 1.165) is 0 Å². The smallest absolute Gasteiger partial charge is 0.338 e. The van der Waals surface area contributed by atoms with Crippen molar-refractivity contribution >= 4 is 5.97 Å². The number of aromatic carboxylic acids is 1. The van der Waals surface area contributed by atoms with Crippen molar-refractivity contribution < 1.29 is 27.0 Å². The van der Waals surface area contributed by atoms with Crippen LogP contribution in [0.15, 0.2) is 18.7 Å². The second-order valence-corrected chi connectivity index (χ2v) is 1.43. The molecule has 0 aliphatic carbocycles. The molecule has 0 bridgehead atoms. The number of nitrogens with zero attached hydrogens (tertiary/aromatic N) is 2. The van der Waals surface area contributed by atoms with Gasteiger partial charge in [-0.05, 0) is 0 Å². The number of carbonyl (C=O) groups is 1. The minimum atomic E-state index is -1.00. The number of hydrogen-bond acceptors (Lipinski definition) is 3. The monoisotopic (exact) mass is 187 g/mol. The second-order valence-electron chi connectivity index (χ2n) is 1.43. The summed E-state index contributed by atoms with van der Waals surface area (Å²) in [5, 5.41) is 8.30. The third kappa shape index (κ3) is 2.13. The van der Waals surface area contributed by atoms with Crippen molar-refractivity contribution in [2.75, 3.05) is 0 Å². The van der Waals surface area contributed by atoms with Gasteiger partial charge in [-0.15, -0.1) is 0 Å². The van der Waals surface area contributed by atoms with Crippen molar-refractivity contribution in [3.8, 4) is 0 Å². The third-order valence-electron chi connectivity index (χ3n) is 0.808. The minimum Gasteiger partial charge on any atom is -0.478 e. The van der Waals surface area contributed by atoms with Crippen LogP contribution in [-0.4, -0.2) is 21.0 Å². The van der Waals surface area contributed by atoms with Crippen molar-refractivity contribution in [3.63, 3.8) is 0 Å². The van der Waals surface area contributed by atoms with Crippen molar-refractivity contribution in [2.45, 2.75) is 0 Å². The zero-order valence-electron chi connectivity index (χ0n) is 4.78. The minimum absolute atomic E-state index is 0. The molecule has 1 aromatic rings. The van der Waals surface area contributed by atoms with E-state index in [1.54, 1.807) is 0 Å². The normalized spacial score (nSPS) is 8.00. The van der Waals surface area contributed by atoms with E-state index in [1.165, 1.54) is 18.7 Å². The van der Waals surface area contributed by atoms with Gasteiger partial charge in [0.15, 0.2) is 0 Å². The molecule has 4 nitrogen and oxygen atoms in total. The Morgan fingerprint density at radius 2 is 1.90 bits per heavy atom. The molecule has 0 aromatic carbocycles. The predicted molar refractivity (Wildman–Crippen MR) is 29.0 cm³/mol. The van der Waals surface area contributed by atoms with Crippen molar-refractivity contribution in [1.29, 1.82) is 0 Å². The van der Waals surface area contributed by atoms with Crippen LogP contribution in [0.4, 0.5) is 0 Å². The molecular weight excluding hydrogens is 184 g/mol. The van der Waals surface area contributed by atoms with Gasteiger partial charge < -0.3 is 5.11 Å². The first-order valence-corrected chi connectivity index (χ1v) is 2.29. The van der Waals surface area contributed by atoms with Crippen LogP contribution in [0.5, 0.6) is 0 Å². The van der Waals surface area contributed by atoms with Crippen LogP contribution in [0.3, 0.4) is 0 Å². The van der Waals surface area contributed by atoms with E-state index in [4.69, 9.17) is 5.11 Å². The van der Waals surface area contributed by atoms with Gasteiger partial charge in [-0.3, -0.25) is 0 Å². The molecule has 0 fully saturated rings. The van der Waals surface area contributed by atoms with Crippen LogP contribution in [0.1, 0.15) is 10.4 Å². The fraction of sp³-hybridized carbons (Fsp3) is 0. The van der Waals surface area contributed by atoms with E-state index in [-0.39, 0.29) is 22.6 Å². The molecular formula is C5H4CuN2O2. The Kier molecular flexibility index (Phi) is 3.61. The second kappa shape index (κ2) is 3.98. The van der Waals surface area contributed by atoms with Crippen LogP contribution in [0.2, 0.25) is 0 Å². The molecule has 1 radical (unpaired) electrons. The van der Waals surface area contributed by atoms with Crippen LogP contribution < -0.4 is 0 Å². The SMILES string of the molecule is O=C(O)c1cncnc1.[Cu]. The molecule has 1 heterocycles. The van der Waals surface area contributed by atoms with E-state index in [2.05, 4.69) is 9.97 Å². The number of aromatic nitrogens is 2. The molecule has 1 aromatic heterocycles. The number of carboxylic acids is 1. The molecule has 0 saturated heterocycles. The predicted octanol–water partition coefficient (Wildman–Crippen LogP) is 0.172. The first-order chi connectivity index (χ1) is 4.30. The average Bonchev–Trinajstić information content (AvgIpc) is 1.90. The maximum atomic E-state index is 10.1. The molecule has 0 spiro atoms. The summed E-state index contributed by atoms with van der Waals surface area (Å²) in [7, 11) is 0. The standard InChI is InChI=1S/C5H4N2O2.Cu/c8-5(9)4-1-6-3-7-2-4;/h1-3H,(H,8,9);. The number of rotatable bonds is 1. The molecule has 0 amide bonds. The number of hydrogen-bond donors (Lipinski definition) is 1. The van der Waals surface area contributed by atoms with Crippen LogP contribution in [-0.2, 0) is 17.1 Å². The van der Waals surface area contributed by atoms with Gasteiger partial charge in [-0.1, -0.05) is 0 Å². The summed E-state index contributed by atoms with van der Waals surface area (Å²) in [6, 6.07) is 0. The van der Waals surface area contributed by atoms with Gasteiger partial charge in [-0.2, -0.15) is 0 Å². The maximum Gasteiger partial charge on any atom is 0.338 e. The largest absolute Gasteiger partial charge is 0.478 e. The average molecular weight is 188 g/mol. The van der Waals surface area contributed by atoms with E-state index < -0.39 is 5.97 Å². The summed E-state index contributed by atoms with van der Waals surface area (Å²) in [6.45, 7) is 0. The van der Waals surface area contributed by atoms with Gasteiger partial charge >= 0.3 is 5.97 Å². The fourth-order valence-corrected chi connectivity index (χ4v) is 0.410. The number of carboxylic acid groups (broad SMARTS) is 1. The molecule has 0 aliphatic heterocycles. The summed E-state index contributed by atoms with van der Waals surface area (Å²) in [4.78, 5) is 17.1. The summed E-state index contributed by atoms with van der Waals surface area (Å²) in [5.41, 5.74) is 0.109. The van der Waals surface area contributed by atoms with Gasteiger partial charge in [0.05, 0.1) is 5.56 Å². The first-order valence-electron chi connectivity index (χ1n) is 2.29. The van der Waals surface area contributed by atoms with E-state index in [1.807, 2.05) is 0 Å². The molecule has 57 valence electrons. The van der Waals surface area contributed by atoms with Gasteiger partial charge in [-0.25, -0.2) is 14.8 Å². The fourth-order valence-electron chi connectivity index (χ4n) is 0.410. The quantitative estimate of drug-likeness (QED) is 0.637. The molecule has 1 rings (SSSR count). The Bertz CT molecular complexity index is 214. The van der Waals surface area contributed by atoms with Gasteiger partial charge in [0.25, 0.3) is 0 Å². The molecule has 5 heteroatoms. The van der Waals surface area contributed by atoms with Crippen LogP contribution >= 0.6 is 0 Å². The molecule has 0 atom stereocenters. The molecule has 0 aliphatic rings. The molecule has 0 saturated carbocycles. The topological polar surface area (TPSA) is 63.1 Å². The Hall–Kier alpha value is -0.931. The third-order valence-corrected chi connectivity index (χ3v) is 0.808. The Morgan fingerprint density at radius 1 is 1.40 bits per heavy atom. The van der Waals surface area contributed by atoms with E-state index in [0.29, 0.717) is 0 Å². The van der Waals surface area contributed by atoms with Gasteiger partial charge in [0.2, 0.25) is 0 Å². The molecule has 1 N–H and O–H groups in total. The molecule has 10 heavy (non-hydrogen) atoms. The summed E-state index contributed by atoms with van der Waals surface area (Å²) >= 11 is 0. The summed E-state index contributed by atoms with van der Waals surface area (Å²) in [5.74, 6) is -1.00. The van der Waals surface area contributed by atoms with Crippen molar-refractivity contribution in [2.24, 2.45) is 0 Å². The van der Waals surface area contributed by atoms with Crippen LogP contribution in [0, 0.1) is 0 Å². The van der Waals surface area contributed by atoms with Crippen molar-refractivity contribution in [1.82, 2.24) is 9.97 Å². The maximum absolute atomic E-state index is 10.1. The van der Waals surface area contributed by atoms with E-state index >= 15 is 0 Å². The van der Waals surface area contributed by atoms with Crippen LogP contribution in [0.25, 0.3) is 0 Å². The Balaban J connectivity index is 0.000000810. The molecule has 0 unspecified atom stereocenters.